The van der Waals surface area contributed by atoms with E-state index in [1.165, 1.54) is 64.6 Å². The Morgan fingerprint density at radius 2 is 1.93 bits per heavy atom. The van der Waals surface area contributed by atoms with Crippen LogP contribution in [0.5, 0.6) is 0 Å². The first-order valence-corrected chi connectivity index (χ1v) is 6.29. The Morgan fingerprint density at radius 3 is 2.64 bits per heavy atom. The van der Waals surface area contributed by atoms with Gasteiger partial charge in [-0.25, -0.2) is 0 Å². The molecule has 1 atom stereocenters. The fourth-order valence-electron chi connectivity index (χ4n) is 2.59. The number of likely N-dealkylation sites (tertiary alicyclic amines) is 1. The molecule has 0 aromatic heterocycles. The van der Waals surface area contributed by atoms with Gasteiger partial charge in [0.1, 0.15) is 0 Å². The topological polar surface area (TPSA) is 12.5 Å². The van der Waals surface area contributed by atoms with Crippen LogP contribution in [0.25, 0.3) is 0 Å². The maximum atomic E-state index is 5.61. The molecule has 2 heterocycles. The third-order valence-corrected chi connectivity index (χ3v) is 3.47. The van der Waals surface area contributed by atoms with Crippen LogP contribution in [0.1, 0.15) is 44.9 Å². The molecule has 1 unspecified atom stereocenters. The zero-order chi connectivity index (χ0) is 9.64. The second-order valence-electron chi connectivity index (χ2n) is 4.68. The Hall–Kier alpha value is -0.0800. The molecule has 2 nitrogen and oxygen atoms in total. The van der Waals surface area contributed by atoms with E-state index < -0.39 is 0 Å². The van der Waals surface area contributed by atoms with Crippen LogP contribution in [0.2, 0.25) is 0 Å². The lowest BCUT2D eigenvalue weighted by molar-refractivity contribution is 0.101. The molecule has 82 valence electrons. The molecule has 0 radical (unpaired) electrons. The van der Waals surface area contributed by atoms with E-state index in [-0.39, 0.29) is 0 Å². The van der Waals surface area contributed by atoms with Crippen molar-refractivity contribution in [1.29, 1.82) is 0 Å². The molecule has 2 aliphatic rings. The molecule has 2 rings (SSSR count). The van der Waals surface area contributed by atoms with Crippen LogP contribution in [0, 0.1) is 0 Å². The van der Waals surface area contributed by atoms with Gasteiger partial charge in [0.15, 0.2) is 0 Å². The van der Waals surface area contributed by atoms with Gasteiger partial charge in [-0.2, -0.15) is 0 Å². The average Bonchev–Trinajstić information content (AvgIpc) is 2.86. The summed E-state index contributed by atoms with van der Waals surface area (Å²) in [6.45, 7) is 5.03. The molecule has 0 bridgehead atoms. The Balaban J connectivity index is 1.46. The van der Waals surface area contributed by atoms with Gasteiger partial charge in [0, 0.05) is 6.61 Å². The number of nitrogens with zero attached hydrogens (tertiary/aromatic N) is 1. The minimum Gasteiger partial charge on any atom is -0.378 e. The summed E-state index contributed by atoms with van der Waals surface area (Å²) in [4.78, 5) is 2.61. The first-order chi connectivity index (χ1) is 6.95. The summed E-state index contributed by atoms with van der Waals surface area (Å²) in [7, 11) is 0. The van der Waals surface area contributed by atoms with Crippen molar-refractivity contribution in [1.82, 2.24) is 4.90 Å². The summed E-state index contributed by atoms with van der Waals surface area (Å²) in [5, 5.41) is 0. The predicted molar refractivity (Wildman–Crippen MR) is 58.5 cm³/mol. The van der Waals surface area contributed by atoms with Gasteiger partial charge in [-0.15, -0.1) is 0 Å². The summed E-state index contributed by atoms with van der Waals surface area (Å²) in [6.07, 6.45) is 10.1. The Labute approximate surface area is 87.6 Å². The van der Waals surface area contributed by atoms with Gasteiger partial charge in [0.05, 0.1) is 6.10 Å². The zero-order valence-corrected chi connectivity index (χ0v) is 9.21. The van der Waals surface area contributed by atoms with E-state index in [0.29, 0.717) is 6.10 Å². The number of hydrogen-bond donors (Lipinski definition) is 0. The molecule has 2 aliphatic heterocycles. The summed E-state index contributed by atoms with van der Waals surface area (Å²) >= 11 is 0. The van der Waals surface area contributed by atoms with Gasteiger partial charge >= 0.3 is 0 Å². The summed E-state index contributed by atoms with van der Waals surface area (Å²) < 4.78 is 5.61. The monoisotopic (exact) mass is 197 g/mol. The molecular weight excluding hydrogens is 174 g/mol. The molecule has 2 saturated heterocycles. The quantitative estimate of drug-likeness (QED) is 0.628. The average molecular weight is 197 g/mol. The van der Waals surface area contributed by atoms with Crippen molar-refractivity contribution in [2.75, 3.05) is 26.2 Å². The smallest absolute Gasteiger partial charge is 0.0576 e. The number of ether oxygens (including phenoxy) is 1. The van der Waals surface area contributed by atoms with E-state index in [1.54, 1.807) is 0 Å². The highest BCUT2D eigenvalue weighted by Crippen LogP contribution is 2.18. The highest BCUT2D eigenvalue weighted by molar-refractivity contribution is 4.68. The molecule has 0 amide bonds. The lowest BCUT2D eigenvalue weighted by Gasteiger charge is -2.14. The van der Waals surface area contributed by atoms with E-state index in [9.17, 15) is 0 Å². The summed E-state index contributed by atoms with van der Waals surface area (Å²) in [5.74, 6) is 0. The minimum atomic E-state index is 0.605. The Morgan fingerprint density at radius 1 is 1.07 bits per heavy atom. The van der Waals surface area contributed by atoms with Crippen molar-refractivity contribution in [3.8, 4) is 0 Å². The molecule has 14 heavy (non-hydrogen) atoms. The zero-order valence-electron chi connectivity index (χ0n) is 9.21. The van der Waals surface area contributed by atoms with Crippen molar-refractivity contribution < 1.29 is 4.74 Å². The highest BCUT2D eigenvalue weighted by atomic mass is 16.5. The Bertz CT molecular complexity index is 130. The van der Waals surface area contributed by atoms with Crippen LogP contribution in [0.15, 0.2) is 0 Å². The van der Waals surface area contributed by atoms with Crippen LogP contribution in [0.4, 0.5) is 0 Å². The Kier molecular flexibility index (Phi) is 4.26. The van der Waals surface area contributed by atoms with Crippen LogP contribution < -0.4 is 0 Å². The van der Waals surface area contributed by atoms with E-state index >= 15 is 0 Å². The minimum absolute atomic E-state index is 0.605. The molecule has 0 aliphatic carbocycles. The second-order valence-corrected chi connectivity index (χ2v) is 4.68. The third-order valence-electron chi connectivity index (χ3n) is 3.47. The number of rotatable bonds is 5. The highest BCUT2D eigenvalue weighted by Gasteiger charge is 2.15. The van der Waals surface area contributed by atoms with Crippen molar-refractivity contribution in [3.63, 3.8) is 0 Å². The van der Waals surface area contributed by atoms with Crippen molar-refractivity contribution in [3.05, 3.63) is 0 Å². The molecular formula is C12H23NO. The van der Waals surface area contributed by atoms with Gasteiger partial charge in [-0.1, -0.05) is 0 Å². The maximum absolute atomic E-state index is 5.61. The normalized spacial score (nSPS) is 28.7. The van der Waals surface area contributed by atoms with Gasteiger partial charge in [-0.05, 0) is 64.6 Å². The van der Waals surface area contributed by atoms with Gasteiger partial charge in [0.25, 0.3) is 0 Å². The van der Waals surface area contributed by atoms with E-state index in [0.717, 1.165) is 6.61 Å². The van der Waals surface area contributed by atoms with E-state index in [1.807, 2.05) is 0 Å². The van der Waals surface area contributed by atoms with Crippen LogP contribution in [-0.4, -0.2) is 37.2 Å². The van der Waals surface area contributed by atoms with E-state index in [4.69, 9.17) is 4.74 Å². The largest absolute Gasteiger partial charge is 0.378 e. The third kappa shape index (κ3) is 3.25. The first-order valence-electron chi connectivity index (χ1n) is 6.29. The SMILES string of the molecule is C(CCN1CCCC1)CC1CCCO1. The fraction of sp³-hybridized carbons (Fsp3) is 1.00. The molecule has 2 heteroatoms. The second kappa shape index (κ2) is 5.72. The predicted octanol–water partition coefficient (Wildman–Crippen LogP) is 2.43. The fourth-order valence-corrected chi connectivity index (χ4v) is 2.59. The van der Waals surface area contributed by atoms with Gasteiger partial charge in [-0.3, -0.25) is 0 Å². The van der Waals surface area contributed by atoms with Crippen molar-refractivity contribution in [2.45, 2.75) is 51.0 Å². The van der Waals surface area contributed by atoms with E-state index in [2.05, 4.69) is 4.90 Å². The number of hydrogen-bond acceptors (Lipinski definition) is 2. The molecule has 0 spiro atoms. The van der Waals surface area contributed by atoms with Crippen LogP contribution in [0.3, 0.4) is 0 Å². The summed E-state index contributed by atoms with van der Waals surface area (Å²) in [6, 6.07) is 0. The maximum Gasteiger partial charge on any atom is 0.0576 e. The molecule has 2 fully saturated rings. The lowest BCUT2D eigenvalue weighted by atomic mass is 10.1. The first kappa shape index (κ1) is 10.4. The molecule has 0 N–H and O–H groups in total. The van der Waals surface area contributed by atoms with Gasteiger partial charge < -0.3 is 9.64 Å². The molecule has 0 aromatic carbocycles. The van der Waals surface area contributed by atoms with Crippen molar-refractivity contribution in [2.24, 2.45) is 0 Å². The number of unbranched alkanes of at least 4 members (excludes halogenated alkanes) is 1. The van der Waals surface area contributed by atoms with Crippen molar-refractivity contribution >= 4 is 0 Å². The molecule has 0 saturated carbocycles. The standard InChI is InChI=1S/C12H23NO/c1(6-12-7-5-11-14-12)2-8-13-9-3-4-10-13/h12H,1-11H2. The van der Waals surface area contributed by atoms with Crippen LogP contribution in [-0.2, 0) is 4.74 Å². The van der Waals surface area contributed by atoms with Gasteiger partial charge in [0.2, 0.25) is 0 Å². The van der Waals surface area contributed by atoms with Crippen LogP contribution >= 0.6 is 0 Å². The molecule has 0 aromatic rings. The lowest BCUT2D eigenvalue weighted by Crippen LogP contribution is -2.20. The summed E-state index contributed by atoms with van der Waals surface area (Å²) in [5.41, 5.74) is 0.